The van der Waals surface area contributed by atoms with Gasteiger partial charge in [-0.1, -0.05) is 12.1 Å². The summed E-state index contributed by atoms with van der Waals surface area (Å²) >= 11 is 1.63. The molecule has 2 heterocycles. The number of sulfone groups is 1. The first-order valence-corrected chi connectivity index (χ1v) is 10.9. The van der Waals surface area contributed by atoms with E-state index in [1.807, 2.05) is 43.1 Å². The number of thiazole rings is 1. The summed E-state index contributed by atoms with van der Waals surface area (Å²) in [6, 6.07) is 7.44. The van der Waals surface area contributed by atoms with Crippen LogP contribution >= 0.6 is 11.3 Å². The highest BCUT2D eigenvalue weighted by molar-refractivity contribution is 7.91. The first kappa shape index (κ1) is 18.3. The first-order valence-electron chi connectivity index (χ1n) is 8.28. The molecule has 136 valence electrons. The Morgan fingerprint density at radius 1 is 1.36 bits per heavy atom. The lowest BCUT2D eigenvalue weighted by atomic mass is 10.2. The molecular weight excluding hydrogens is 358 g/mol. The number of rotatable bonds is 5. The van der Waals surface area contributed by atoms with E-state index in [0.717, 1.165) is 15.2 Å². The zero-order chi connectivity index (χ0) is 18.2. The van der Waals surface area contributed by atoms with Gasteiger partial charge in [-0.2, -0.15) is 0 Å². The predicted molar refractivity (Wildman–Crippen MR) is 100 cm³/mol. The minimum absolute atomic E-state index is 0.0503. The second kappa shape index (κ2) is 7.01. The molecule has 1 amide bonds. The molecule has 3 rings (SSSR count). The highest BCUT2D eigenvalue weighted by atomic mass is 32.2. The van der Waals surface area contributed by atoms with Crippen molar-refractivity contribution in [1.82, 2.24) is 14.8 Å². The number of fused-ring (bicyclic) bond motifs is 1. The SMILES string of the molecule is C[C@@H](C(=O)N(C)[C@H]1CCS(=O)(=O)C1)N(C)Cc1nc2ccccc2s1. The van der Waals surface area contributed by atoms with Gasteiger partial charge in [0.2, 0.25) is 5.91 Å². The van der Waals surface area contributed by atoms with Gasteiger partial charge >= 0.3 is 0 Å². The number of aromatic nitrogens is 1. The lowest BCUT2D eigenvalue weighted by Crippen LogP contribution is -2.48. The van der Waals surface area contributed by atoms with Crippen LogP contribution in [0.1, 0.15) is 18.4 Å². The van der Waals surface area contributed by atoms with Gasteiger partial charge < -0.3 is 4.90 Å². The fraction of sp³-hybridized carbons (Fsp3) is 0.529. The van der Waals surface area contributed by atoms with E-state index in [2.05, 4.69) is 4.98 Å². The Morgan fingerprint density at radius 3 is 2.72 bits per heavy atom. The van der Waals surface area contributed by atoms with Crippen molar-refractivity contribution in [3.8, 4) is 0 Å². The topological polar surface area (TPSA) is 70.6 Å². The molecule has 0 bridgehead atoms. The van der Waals surface area contributed by atoms with Gasteiger partial charge in [-0.05, 0) is 32.5 Å². The molecule has 0 spiro atoms. The molecule has 1 aromatic heterocycles. The summed E-state index contributed by atoms with van der Waals surface area (Å²) in [7, 11) is 0.602. The number of carbonyl (C=O) groups is 1. The standard InChI is InChI=1S/C17H23N3O3S2/c1-12(17(21)20(3)13-8-9-25(22,23)11-13)19(2)10-16-18-14-6-4-5-7-15(14)24-16/h4-7,12-13H,8-11H2,1-3H3/t12-,13-/m0/s1. The van der Waals surface area contributed by atoms with Gasteiger partial charge in [-0.15, -0.1) is 11.3 Å². The maximum absolute atomic E-state index is 12.7. The Hall–Kier alpha value is -1.51. The summed E-state index contributed by atoms with van der Waals surface area (Å²) < 4.78 is 24.4. The average molecular weight is 382 g/mol. The van der Waals surface area contributed by atoms with E-state index in [9.17, 15) is 13.2 Å². The van der Waals surface area contributed by atoms with Crippen LogP contribution in [0.2, 0.25) is 0 Å². The van der Waals surface area contributed by atoms with Crippen LogP contribution < -0.4 is 0 Å². The van der Waals surface area contributed by atoms with Crippen molar-refractivity contribution >= 4 is 37.3 Å². The predicted octanol–water partition coefficient (Wildman–Crippen LogP) is 1.76. The Morgan fingerprint density at radius 2 is 2.08 bits per heavy atom. The van der Waals surface area contributed by atoms with Crippen LogP contribution in [0.3, 0.4) is 0 Å². The zero-order valence-corrected chi connectivity index (χ0v) is 16.3. The van der Waals surface area contributed by atoms with E-state index in [0.29, 0.717) is 13.0 Å². The molecule has 1 aromatic carbocycles. The maximum Gasteiger partial charge on any atom is 0.239 e. The first-order chi connectivity index (χ1) is 11.8. The summed E-state index contributed by atoms with van der Waals surface area (Å²) in [5.74, 6) is 0.195. The van der Waals surface area contributed by atoms with Gasteiger partial charge in [0.25, 0.3) is 0 Å². The molecule has 0 saturated carbocycles. The molecule has 8 heteroatoms. The Kier molecular flexibility index (Phi) is 5.13. The van der Waals surface area contributed by atoms with Gasteiger partial charge in [0.15, 0.2) is 9.84 Å². The van der Waals surface area contributed by atoms with Crippen molar-refractivity contribution < 1.29 is 13.2 Å². The molecule has 0 unspecified atom stereocenters. The molecule has 1 aliphatic rings. The van der Waals surface area contributed by atoms with Crippen molar-refractivity contribution in [1.29, 1.82) is 0 Å². The summed E-state index contributed by atoms with van der Waals surface area (Å²) in [4.78, 5) is 20.9. The molecule has 2 atom stereocenters. The van der Waals surface area contributed by atoms with E-state index in [4.69, 9.17) is 0 Å². The van der Waals surface area contributed by atoms with Crippen LogP contribution in [0, 0.1) is 0 Å². The van der Waals surface area contributed by atoms with Gasteiger partial charge in [0, 0.05) is 13.1 Å². The van der Waals surface area contributed by atoms with Crippen molar-refractivity contribution in [3.05, 3.63) is 29.3 Å². The third-order valence-electron chi connectivity index (χ3n) is 4.85. The van der Waals surface area contributed by atoms with Crippen LogP contribution in [0.25, 0.3) is 10.2 Å². The lowest BCUT2D eigenvalue weighted by molar-refractivity contribution is -0.136. The average Bonchev–Trinajstić information content (AvgIpc) is 3.14. The number of hydrogen-bond acceptors (Lipinski definition) is 6. The molecule has 6 nitrogen and oxygen atoms in total. The summed E-state index contributed by atoms with van der Waals surface area (Å²) in [5.41, 5.74) is 0.975. The molecule has 1 fully saturated rings. The van der Waals surface area contributed by atoms with Gasteiger partial charge in [-0.25, -0.2) is 13.4 Å². The van der Waals surface area contributed by atoms with E-state index < -0.39 is 9.84 Å². The second-order valence-corrected chi connectivity index (χ2v) is 10.0. The van der Waals surface area contributed by atoms with Crippen LogP contribution in [-0.4, -0.2) is 66.8 Å². The minimum atomic E-state index is -3.00. The van der Waals surface area contributed by atoms with Gasteiger partial charge in [0.1, 0.15) is 5.01 Å². The minimum Gasteiger partial charge on any atom is -0.340 e. The Labute approximate surface area is 152 Å². The fourth-order valence-electron chi connectivity index (χ4n) is 3.08. The van der Waals surface area contributed by atoms with E-state index >= 15 is 0 Å². The van der Waals surface area contributed by atoms with E-state index in [1.54, 1.807) is 23.3 Å². The zero-order valence-electron chi connectivity index (χ0n) is 14.7. The van der Waals surface area contributed by atoms with E-state index in [1.165, 1.54) is 0 Å². The number of likely N-dealkylation sites (N-methyl/N-ethyl adjacent to an activating group) is 2. The molecule has 0 N–H and O–H groups in total. The number of hydrogen-bond donors (Lipinski definition) is 0. The fourth-order valence-corrected chi connectivity index (χ4v) is 5.89. The highest BCUT2D eigenvalue weighted by Gasteiger charge is 2.34. The lowest BCUT2D eigenvalue weighted by Gasteiger charge is -2.30. The third-order valence-corrected chi connectivity index (χ3v) is 7.62. The summed E-state index contributed by atoms with van der Waals surface area (Å²) in [5, 5.41) is 0.967. The highest BCUT2D eigenvalue weighted by Crippen LogP contribution is 2.23. The van der Waals surface area contributed by atoms with Crippen LogP contribution in [0.4, 0.5) is 0 Å². The molecule has 0 radical (unpaired) electrons. The van der Waals surface area contributed by atoms with E-state index in [-0.39, 0.29) is 29.5 Å². The number of carbonyl (C=O) groups excluding carboxylic acids is 1. The monoisotopic (exact) mass is 381 g/mol. The molecule has 25 heavy (non-hydrogen) atoms. The van der Waals surface area contributed by atoms with Gasteiger partial charge in [-0.3, -0.25) is 9.69 Å². The van der Waals surface area contributed by atoms with Crippen molar-refractivity contribution in [2.75, 3.05) is 25.6 Å². The summed E-state index contributed by atoms with van der Waals surface area (Å²) in [6.45, 7) is 2.44. The number of nitrogens with zero attached hydrogens (tertiary/aromatic N) is 3. The Bertz CT molecular complexity index is 845. The van der Waals surface area contributed by atoms with Crippen LogP contribution in [-0.2, 0) is 21.2 Å². The van der Waals surface area contributed by atoms with Crippen molar-refractivity contribution in [3.63, 3.8) is 0 Å². The smallest absolute Gasteiger partial charge is 0.239 e. The molecular formula is C17H23N3O3S2. The number of benzene rings is 1. The number of para-hydroxylation sites is 1. The van der Waals surface area contributed by atoms with Crippen LogP contribution in [0.15, 0.2) is 24.3 Å². The van der Waals surface area contributed by atoms with Gasteiger partial charge in [0.05, 0.1) is 34.3 Å². The van der Waals surface area contributed by atoms with Crippen LogP contribution in [0.5, 0.6) is 0 Å². The van der Waals surface area contributed by atoms with Crippen molar-refractivity contribution in [2.24, 2.45) is 0 Å². The maximum atomic E-state index is 12.7. The Balaban J connectivity index is 1.64. The molecule has 2 aromatic rings. The number of amides is 1. The summed E-state index contributed by atoms with van der Waals surface area (Å²) in [6.07, 6.45) is 0.527. The normalized spacial score (nSPS) is 20.9. The largest absolute Gasteiger partial charge is 0.340 e. The molecule has 1 saturated heterocycles. The quantitative estimate of drug-likeness (QED) is 0.789. The second-order valence-electron chi connectivity index (χ2n) is 6.67. The third kappa shape index (κ3) is 4.02. The molecule has 1 aliphatic heterocycles. The van der Waals surface area contributed by atoms with Crippen molar-refractivity contribution in [2.45, 2.75) is 32.0 Å². The molecule has 0 aliphatic carbocycles.